The molecule has 0 radical (unpaired) electrons. The van der Waals surface area contributed by atoms with E-state index in [0.29, 0.717) is 0 Å². The number of imidazole rings is 1. The molecule has 0 bridgehead atoms. The van der Waals surface area contributed by atoms with Crippen LogP contribution in [-0.2, 0) is 6.54 Å². The van der Waals surface area contributed by atoms with Gasteiger partial charge in [-0.3, -0.25) is 0 Å². The predicted molar refractivity (Wildman–Crippen MR) is 71.3 cm³/mol. The number of nitrogens with one attached hydrogen (secondary N) is 1. The van der Waals surface area contributed by atoms with Crippen molar-refractivity contribution in [2.75, 3.05) is 31.6 Å². The summed E-state index contributed by atoms with van der Waals surface area (Å²) in [6.45, 7) is 7.95. The van der Waals surface area contributed by atoms with E-state index in [2.05, 4.69) is 26.3 Å². The van der Waals surface area contributed by atoms with Crippen molar-refractivity contribution < 1.29 is 0 Å². The monoisotopic (exact) mass is 234 g/mol. The molecule has 1 atom stereocenters. The van der Waals surface area contributed by atoms with Gasteiger partial charge in [-0.25, -0.2) is 4.98 Å². The molecule has 1 saturated heterocycles. The Balaban J connectivity index is 2.05. The van der Waals surface area contributed by atoms with Crippen LogP contribution in [0.5, 0.6) is 0 Å². The van der Waals surface area contributed by atoms with Crippen LogP contribution in [0, 0.1) is 5.92 Å². The Hall–Kier alpha value is -1.29. The van der Waals surface area contributed by atoms with E-state index >= 15 is 0 Å². The average Bonchev–Trinajstić information content (AvgIpc) is 2.79. The molecular weight excluding hydrogens is 212 g/mol. The third-order valence-corrected chi connectivity index (χ3v) is 3.31. The highest BCUT2D eigenvalue weighted by molar-refractivity contribution is 5.32. The van der Waals surface area contributed by atoms with E-state index in [9.17, 15) is 0 Å². The molecule has 0 amide bonds. The van der Waals surface area contributed by atoms with Crippen molar-refractivity contribution in [3.8, 4) is 0 Å². The Bertz CT molecular complexity index is 356. The van der Waals surface area contributed by atoms with E-state index in [-0.39, 0.29) is 0 Å². The Morgan fingerprint density at radius 3 is 3.29 bits per heavy atom. The summed E-state index contributed by atoms with van der Waals surface area (Å²) < 4.78 is 2.16. The minimum absolute atomic E-state index is 0.739. The Kier molecular flexibility index (Phi) is 4.20. The summed E-state index contributed by atoms with van der Waals surface area (Å²) >= 11 is 0. The SMILES string of the molecule is C=CCn1ccnc1N1CCCC(CNC)C1. The lowest BCUT2D eigenvalue weighted by Crippen LogP contribution is -2.40. The van der Waals surface area contributed by atoms with Crippen molar-refractivity contribution in [1.82, 2.24) is 14.9 Å². The second-order valence-electron chi connectivity index (χ2n) is 4.68. The normalized spacial score (nSPS) is 20.5. The Morgan fingerprint density at radius 1 is 1.65 bits per heavy atom. The topological polar surface area (TPSA) is 33.1 Å². The number of hydrogen-bond acceptors (Lipinski definition) is 3. The first-order valence-corrected chi connectivity index (χ1v) is 6.36. The molecular formula is C13H22N4. The second kappa shape index (κ2) is 5.87. The van der Waals surface area contributed by atoms with Crippen LogP contribution in [0.15, 0.2) is 25.0 Å². The van der Waals surface area contributed by atoms with Crippen LogP contribution >= 0.6 is 0 Å². The fourth-order valence-electron chi connectivity index (χ4n) is 2.57. The zero-order valence-corrected chi connectivity index (χ0v) is 10.6. The highest BCUT2D eigenvalue weighted by Crippen LogP contribution is 2.21. The van der Waals surface area contributed by atoms with Gasteiger partial charge in [-0.2, -0.15) is 0 Å². The molecule has 94 valence electrons. The second-order valence-corrected chi connectivity index (χ2v) is 4.68. The van der Waals surface area contributed by atoms with Gasteiger partial charge in [0.25, 0.3) is 0 Å². The first kappa shape index (κ1) is 12.2. The van der Waals surface area contributed by atoms with Crippen LogP contribution < -0.4 is 10.2 Å². The molecule has 1 aliphatic heterocycles. The lowest BCUT2D eigenvalue weighted by atomic mass is 9.98. The van der Waals surface area contributed by atoms with Gasteiger partial charge in [-0.1, -0.05) is 6.08 Å². The number of aromatic nitrogens is 2. The summed E-state index contributed by atoms with van der Waals surface area (Å²) in [5.41, 5.74) is 0. The highest BCUT2D eigenvalue weighted by Gasteiger charge is 2.21. The lowest BCUT2D eigenvalue weighted by Gasteiger charge is -2.33. The first-order chi connectivity index (χ1) is 8.35. The van der Waals surface area contributed by atoms with Gasteiger partial charge in [0.05, 0.1) is 0 Å². The van der Waals surface area contributed by atoms with E-state index in [1.54, 1.807) is 0 Å². The van der Waals surface area contributed by atoms with Gasteiger partial charge >= 0.3 is 0 Å². The fourth-order valence-corrected chi connectivity index (χ4v) is 2.57. The molecule has 1 unspecified atom stereocenters. The minimum atomic E-state index is 0.739. The molecule has 1 aliphatic rings. The maximum atomic E-state index is 4.47. The molecule has 4 nitrogen and oxygen atoms in total. The molecule has 2 heterocycles. The summed E-state index contributed by atoms with van der Waals surface area (Å²) in [5.74, 6) is 1.83. The maximum Gasteiger partial charge on any atom is 0.205 e. The number of anilines is 1. The van der Waals surface area contributed by atoms with Crippen LogP contribution in [0.2, 0.25) is 0 Å². The maximum absolute atomic E-state index is 4.47. The fraction of sp³-hybridized carbons (Fsp3) is 0.615. The van der Waals surface area contributed by atoms with Gasteiger partial charge in [-0.15, -0.1) is 6.58 Å². The molecule has 1 aromatic heterocycles. The quantitative estimate of drug-likeness (QED) is 0.784. The summed E-state index contributed by atoms with van der Waals surface area (Å²) in [4.78, 5) is 6.87. The van der Waals surface area contributed by atoms with Crippen LogP contribution in [-0.4, -0.2) is 36.2 Å². The molecule has 1 fully saturated rings. The van der Waals surface area contributed by atoms with Gasteiger partial charge in [0.2, 0.25) is 5.95 Å². The molecule has 1 N–H and O–H groups in total. The van der Waals surface area contributed by atoms with Crippen molar-refractivity contribution in [3.63, 3.8) is 0 Å². The van der Waals surface area contributed by atoms with Crippen LogP contribution in [0.1, 0.15) is 12.8 Å². The Morgan fingerprint density at radius 2 is 2.53 bits per heavy atom. The van der Waals surface area contributed by atoms with Crippen molar-refractivity contribution in [2.45, 2.75) is 19.4 Å². The number of rotatable bonds is 5. The van der Waals surface area contributed by atoms with Crippen molar-refractivity contribution in [3.05, 3.63) is 25.0 Å². The predicted octanol–water partition coefficient (Wildman–Crippen LogP) is 1.50. The number of nitrogens with zero attached hydrogens (tertiary/aromatic N) is 3. The average molecular weight is 234 g/mol. The van der Waals surface area contributed by atoms with Crippen LogP contribution in [0.25, 0.3) is 0 Å². The van der Waals surface area contributed by atoms with Crippen molar-refractivity contribution in [2.24, 2.45) is 5.92 Å². The zero-order chi connectivity index (χ0) is 12.1. The molecule has 2 rings (SSSR count). The smallest absolute Gasteiger partial charge is 0.205 e. The number of piperidine rings is 1. The summed E-state index contributed by atoms with van der Waals surface area (Å²) in [6.07, 6.45) is 8.40. The molecule has 0 saturated carbocycles. The summed E-state index contributed by atoms with van der Waals surface area (Å²) in [6, 6.07) is 0. The molecule has 17 heavy (non-hydrogen) atoms. The lowest BCUT2D eigenvalue weighted by molar-refractivity contribution is 0.397. The van der Waals surface area contributed by atoms with E-state index in [1.807, 2.05) is 25.5 Å². The summed E-state index contributed by atoms with van der Waals surface area (Å²) in [7, 11) is 2.03. The van der Waals surface area contributed by atoms with Gasteiger partial charge in [-0.05, 0) is 32.4 Å². The third-order valence-electron chi connectivity index (χ3n) is 3.31. The number of allylic oxidation sites excluding steroid dienone is 1. The standard InChI is InChI=1S/C13H22N4/c1-3-7-16-9-6-15-13(16)17-8-4-5-12(11-17)10-14-2/h3,6,9,12,14H,1,4-5,7-8,10-11H2,2H3. The highest BCUT2D eigenvalue weighted by atomic mass is 15.3. The van der Waals surface area contributed by atoms with E-state index < -0.39 is 0 Å². The van der Waals surface area contributed by atoms with E-state index in [4.69, 9.17) is 0 Å². The first-order valence-electron chi connectivity index (χ1n) is 6.36. The van der Waals surface area contributed by atoms with Crippen molar-refractivity contribution >= 4 is 5.95 Å². The van der Waals surface area contributed by atoms with Crippen LogP contribution in [0.3, 0.4) is 0 Å². The van der Waals surface area contributed by atoms with Gasteiger partial charge in [0.1, 0.15) is 0 Å². The van der Waals surface area contributed by atoms with E-state index in [0.717, 1.165) is 38.0 Å². The molecule has 4 heteroatoms. The van der Waals surface area contributed by atoms with Gasteiger partial charge in [0.15, 0.2) is 0 Å². The molecule has 0 aliphatic carbocycles. The van der Waals surface area contributed by atoms with Gasteiger partial charge < -0.3 is 14.8 Å². The van der Waals surface area contributed by atoms with Gasteiger partial charge in [0, 0.05) is 32.0 Å². The molecule has 0 spiro atoms. The number of hydrogen-bond donors (Lipinski definition) is 1. The minimum Gasteiger partial charge on any atom is -0.342 e. The van der Waals surface area contributed by atoms with Crippen molar-refractivity contribution in [1.29, 1.82) is 0 Å². The Labute approximate surface area is 103 Å². The van der Waals surface area contributed by atoms with Crippen LogP contribution in [0.4, 0.5) is 5.95 Å². The molecule has 1 aromatic rings. The molecule has 0 aromatic carbocycles. The van der Waals surface area contributed by atoms with E-state index in [1.165, 1.54) is 12.8 Å². The summed E-state index contributed by atoms with van der Waals surface area (Å²) in [5, 5.41) is 3.27. The largest absolute Gasteiger partial charge is 0.342 e. The zero-order valence-electron chi connectivity index (χ0n) is 10.6. The third kappa shape index (κ3) is 2.88.